The summed E-state index contributed by atoms with van der Waals surface area (Å²) in [5.41, 5.74) is 4.78. The molecule has 0 aliphatic heterocycles. The lowest BCUT2D eigenvalue weighted by atomic mass is 10.5. The van der Waals surface area contributed by atoms with Gasteiger partial charge in [-0.1, -0.05) is 6.08 Å². The summed E-state index contributed by atoms with van der Waals surface area (Å²) in [6.07, 6.45) is -2.08. The standard InChI is InChI=1S/C5H10N2O.C2HF3O2/c1-7-4-2-3-5(6)8;3-2(4,5)1(6)7/h2-3,7H,4H2,1H3,(H2,6,8);(H,6,7)/b3-2+;. The Balaban J connectivity index is 0. The average Bonchev–Trinajstić information content (AvgIpc) is 2.03. The SMILES string of the molecule is CNC/C=C/C(N)=O.O=C(O)C(F)(F)F. The van der Waals surface area contributed by atoms with Crippen molar-refractivity contribution in [1.82, 2.24) is 5.32 Å². The van der Waals surface area contributed by atoms with E-state index >= 15 is 0 Å². The van der Waals surface area contributed by atoms with E-state index in [0.29, 0.717) is 6.54 Å². The fourth-order valence-corrected chi connectivity index (χ4v) is 0.293. The molecule has 0 aromatic carbocycles. The van der Waals surface area contributed by atoms with E-state index < -0.39 is 18.1 Å². The highest BCUT2D eigenvalue weighted by Gasteiger charge is 2.38. The fourth-order valence-electron chi connectivity index (χ4n) is 0.293. The number of carboxylic acid groups (broad SMARTS) is 1. The maximum absolute atomic E-state index is 10.6. The summed E-state index contributed by atoms with van der Waals surface area (Å²) in [7, 11) is 1.80. The Kier molecular flexibility index (Phi) is 8.26. The molecule has 0 rings (SSSR count). The van der Waals surface area contributed by atoms with Gasteiger partial charge in [-0.25, -0.2) is 4.79 Å². The number of carbonyl (C=O) groups excluding carboxylic acids is 1. The molecule has 0 aliphatic rings. The number of carbonyl (C=O) groups is 2. The van der Waals surface area contributed by atoms with Gasteiger partial charge in [-0.3, -0.25) is 4.79 Å². The molecule has 8 heteroatoms. The Morgan fingerprint density at radius 2 is 1.87 bits per heavy atom. The molecule has 0 aliphatic carbocycles. The third-order valence-electron chi connectivity index (χ3n) is 0.847. The van der Waals surface area contributed by atoms with Crippen LogP contribution < -0.4 is 11.1 Å². The van der Waals surface area contributed by atoms with E-state index in [0.717, 1.165) is 0 Å². The summed E-state index contributed by atoms with van der Waals surface area (Å²) in [4.78, 5) is 18.9. The van der Waals surface area contributed by atoms with E-state index in [1.165, 1.54) is 6.08 Å². The largest absolute Gasteiger partial charge is 0.490 e. The van der Waals surface area contributed by atoms with E-state index in [2.05, 4.69) is 5.32 Å². The number of likely N-dealkylation sites (N-methyl/N-ethyl adjacent to an activating group) is 1. The van der Waals surface area contributed by atoms with Gasteiger partial charge in [0.05, 0.1) is 0 Å². The van der Waals surface area contributed by atoms with Gasteiger partial charge in [-0.05, 0) is 13.1 Å². The van der Waals surface area contributed by atoms with E-state index in [1.807, 2.05) is 0 Å². The fraction of sp³-hybridized carbons (Fsp3) is 0.429. The molecule has 0 heterocycles. The van der Waals surface area contributed by atoms with Crippen LogP contribution in [0.15, 0.2) is 12.2 Å². The second-order valence-corrected chi connectivity index (χ2v) is 2.17. The summed E-state index contributed by atoms with van der Waals surface area (Å²) < 4.78 is 31.7. The van der Waals surface area contributed by atoms with Crippen molar-refractivity contribution in [3.63, 3.8) is 0 Å². The maximum Gasteiger partial charge on any atom is 0.490 e. The average molecular weight is 228 g/mol. The molecule has 0 aromatic rings. The van der Waals surface area contributed by atoms with Crippen LogP contribution >= 0.6 is 0 Å². The van der Waals surface area contributed by atoms with Gasteiger partial charge in [0.1, 0.15) is 0 Å². The Morgan fingerprint density at radius 3 is 2.07 bits per heavy atom. The van der Waals surface area contributed by atoms with Crippen LogP contribution in [-0.4, -0.2) is 36.8 Å². The Bertz CT molecular complexity index is 238. The van der Waals surface area contributed by atoms with Gasteiger partial charge >= 0.3 is 12.1 Å². The van der Waals surface area contributed by atoms with Crippen molar-refractivity contribution in [2.24, 2.45) is 5.73 Å². The molecule has 0 atom stereocenters. The molecule has 0 fully saturated rings. The van der Waals surface area contributed by atoms with Crippen molar-refractivity contribution in [3.05, 3.63) is 12.2 Å². The molecule has 15 heavy (non-hydrogen) atoms. The van der Waals surface area contributed by atoms with Crippen LogP contribution in [0.5, 0.6) is 0 Å². The number of primary amides is 1. The topological polar surface area (TPSA) is 92.4 Å². The van der Waals surface area contributed by atoms with Gasteiger partial charge in [-0.15, -0.1) is 0 Å². The lowest BCUT2D eigenvalue weighted by Crippen LogP contribution is -2.21. The van der Waals surface area contributed by atoms with Crippen LogP contribution in [-0.2, 0) is 9.59 Å². The number of hydrogen-bond donors (Lipinski definition) is 3. The van der Waals surface area contributed by atoms with Crippen molar-refractivity contribution >= 4 is 11.9 Å². The van der Waals surface area contributed by atoms with Gasteiger partial charge < -0.3 is 16.2 Å². The van der Waals surface area contributed by atoms with Gasteiger partial charge in [0, 0.05) is 6.54 Å². The predicted octanol–water partition coefficient (Wildman–Crippen LogP) is -0.119. The van der Waals surface area contributed by atoms with E-state index in [9.17, 15) is 18.0 Å². The highest BCUT2D eigenvalue weighted by Crippen LogP contribution is 2.13. The summed E-state index contributed by atoms with van der Waals surface area (Å²) in [5.74, 6) is -3.16. The van der Waals surface area contributed by atoms with Crippen LogP contribution in [0.2, 0.25) is 0 Å². The summed E-state index contributed by atoms with van der Waals surface area (Å²) >= 11 is 0. The summed E-state index contributed by atoms with van der Waals surface area (Å²) in [6.45, 7) is 0.683. The highest BCUT2D eigenvalue weighted by atomic mass is 19.4. The van der Waals surface area contributed by atoms with Crippen molar-refractivity contribution in [2.75, 3.05) is 13.6 Å². The minimum atomic E-state index is -5.08. The highest BCUT2D eigenvalue weighted by molar-refractivity contribution is 5.85. The second-order valence-electron chi connectivity index (χ2n) is 2.17. The number of halogens is 3. The molecule has 0 aromatic heterocycles. The number of amides is 1. The molecule has 0 bridgehead atoms. The van der Waals surface area contributed by atoms with Crippen LogP contribution in [0.1, 0.15) is 0 Å². The van der Waals surface area contributed by atoms with Crippen LogP contribution in [0, 0.1) is 0 Å². The number of nitrogens with two attached hydrogens (primary N) is 1. The van der Waals surface area contributed by atoms with E-state index in [1.54, 1.807) is 13.1 Å². The molecule has 5 nitrogen and oxygen atoms in total. The first-order chi connectivity index (χ1) is 6.71. The summed E-state index contributed by atoms with van der Waals surface area (Å²) in [6, 6.07) is 0. The number of aliphatic carboxylic acids is 1. The number of alkyl halides is 3. The number of carboxylic acids is 1. The number of rotatable bonds is 3. The minimum absolute atomic E-state index is 0.403. The van der Waals surface area contributed by atoms with Crippen LogP contribution in [0.25, 0.3) is 0 Å². The summed E-state index contributed by atoms with van der Waals surface area (Å²) in [5, 5.41) is 9.95. The molecule has 1 amide bonds. The molecule has 88 valence electrons. The van der Waals surface area contributed by atoms with Crippen molar-refractivity contribution in [2.45, 2.75) is 6.18 Å². The Hall–Kier alpha value is -1.57. The minimum Gasteiger partial charge on any atom is -0.475 e. The third kappa shape index (κ3) is 15.2. The normalized spacial score (nSPS) is 10.7. The molecule has 0 radical (unpaired) electrons. The first-order valence-electron chi connectivity index (χ1n) is 3.62. The van der Waals surface area contributed by atoms with Crippen molar-refractivity contribution in [1.29, 1.82) is 0 Å². The zero-order valence-electron chi connectivity index (χ0n) is 7.84. The Labute approximate surface area is 83.7 Å². The molecule has 0 saturated heterocycles. The van der Waals surface area contributed by atoms with Crippen LogP contribution in [0.3, 0.4) is 0 Å². The predicted molar refractivity (Wildman–Crippen MR) is 46.0 cm³/mol. The molecule has 0 saturated carbocycles. The van der Waals surface area contributed by atoms with Crippen LogP contribution in [0.4, 0.5) is 13.2 Å². The smallest absolute Gasteiger partial charge is 0.475 e. The van der Waals surface area contributed by atoms with Gasteiger partial charge in [-0.2, -0.15) is 13.2 Å². The monoisotopic (exact) mass is 228 g/mol. The molecular formula is C7H11F3N2O3. The molecule has 4 N–H and O–H groups in total. The second kappa shape index (κ2) is 7.80. The van der Waals surface area contributed by atoms with Gasteiger partial charge in [0.2, 0.25) is 5.91 Å². The maximum atomic E-state index is 10.6. The first-order valence-corrected chi connectivity index (χ1v) is 3.62. The van der Waals surface area contributed by atoms with Gasteiger partial charge in [0.15, 0.2) is 0 Å². The molecular weight excluding hydrogens is 217 g/mol. The zero-order chi connectivity index (χ0) is 12.5. The first kappa shape index (κ1) is 15.9. The van der Waals surface area contributed by atoms with Crippen molar-refractivity contribution < 1.29 is 27.9 Å². The van der Waals surface area contributed by atoms with Crippen molar-refractivity contribution in [3.8, 4) is 0 Å². The quantitative estimate of drug-likeness (QED) is 0.587. The Morgan fingerprint density at radius 1 is 1.47 bits per heavy atom. The zero-order valence-corrected chi connectivity index (χ0v) is 7.84. The molecule has 0 unspecified atom stereocenters. The van der Waals surface area contributed by atoms with E-state index in [-0.39, 0.29) is 0 Å². The molecule has 0 spiro atoms. The lowest BCUT2D eigenvalue weighted by Gasteiger charge is -1.93. The van der Waals surface area contributed by atoms with Gasteiger partial charge in [0.25, 0.3) is 0 Å². The third-order valence-corrected chi connectivity index (χ3v) is 0.847. The number of hydrogen-bond acceptors (Lipinski definition) is 3. The van der Waals surface area contributed by atoms with E-state index in [4.69, 9.17) is 15.6 Å². The number of nitrogens with one attached hydrogen (secondary N) is 1. The lowest BCUT2D eigenvalue weighted by molar-refractivity contribution is -0.192.